The molecule has 0 bridgehead atoms. The van der Waals surface area contributed by atoms with Crippen molar-refractivity contribution in [3.63, 3.8) is 0 Å². The second-order valence-corrected chi connectivity index (χ2v) is 2.09. The highest BCUT2D eigenvalue weighted by Crippen LogP contribution is 2.36. The number of alkyl halides is 3. The number of ether oxygens (including phenoxy) is 1. The Morgan fingerprint density at radius 1 is 1.54 bits per heavy atom. The van der Waals surface area contributed by atoms with Crippen LogP contribution in [0.15, 0.2) is 18.1 Å². The number of benzene rings is 1. The van der Waals surface area contributed by atoms with Gasteiger partial charge in [0.25, 0.3) is 0 Å². The fourth-order valence-corrected chi connectivity index (χ4v) is 0.679. The molecule has 0 aliphatic heterocycles. The minimum Gasteiger partial charge on any atom is -0.496 e. The molecule has 2 N–H and O–H groups in total. The topological polar surface area (TPSA) is 35.2 Å². The van der Waals surface area contributed by atoms with E-state index in [9.17, 15) is 13.2 Å². The van der Waals surface area contributed by atoms with Gasteiger partial charge >= 0.3 is 6.18 Å². The smallest absolute Gasteiger partial charge is 0.419 e. The average Bonchev–Trinajstić information content (AvgIpc) is 2.19. The summed E-state index contributed by atoms with van der Waals surface area (Å²) < 4.78 is 84.5. The first-order valence-corrected chi connectivity index (χ1v) is 3.01. The van der Waals surface area contributed by atoms with Crippen molar-refractivity contribution in [2.75, 3.05) is 12.8 Å². The third-order valence-corrected chi connectivity index (χ3v) is 1.18. The predicted octanol–water partition coefficient (Wildman–Crippen LogP) is 2.30. The lowest BCUT2D eigenvalue weighted by Gasteiger charge is -2.11. The molecule has 1 aromatic rings. The Kier molecular flexibility index (Phi) is 1.02. The molecule has 0 aliphatic carbocycles. The molecule has 0 saturated carbocycles. The summed E-state index contributed by atoms with van der Waals surface area (Å²) >= 11 is 0. The van der Waals surface area contributed by atoms with Crippen LogP contribution in [-0.2, 0) is 6.18 Å². The first kappa shape index (κ1) is 4.21. The van der Waals surface area contributed by atoms with Crippen LogP contribution >= 0.6 is 0 Å². The van der Waals surface area contributed by atoms with Gasteiger partial charge in [0.05, 0.1) is 20.8 Å². The van der Waals surface area contributed by atoms with Crippen LogP contribution in [-0.4, -0.2) is 7.04 Å². The summed E-state index contributed by atoms with van der Waals surface area (Å²) in [6.07, 6.45) is -5.14. The molecule has 0 heterocycles. The van der Waals surface area contributed by atoms with E-state index in [-0.39, 0.29) is 0 Å². The summed E-state index contributed by atoms with van der Waals surface area (Å²) in [6.45, 7) is 0. The van der Waals surface area contributed by atoms with E-state index < -0.39 is 48.3 Å². The molecule has 0 unspecified atom stereocenters. The third kappa shape index (κ3) is 2.05. The highest BCUT2D eigenvalue weighted by atomic mass is 19.4. The Labute approximate surface area is 81.5 Å². The van der Waals surface area contributed by atoms with Crippen molar-refractivity contribution in [3.05, 3.63) is 23.7 Å². The van der Waals surface area contributed by atoms with Crippen LogP contribution in [0.1, 0.15) is 13.8 Å². The molecule has 5 heteroatoms. The summed E-state index contributed by atoms with van der Waals surface area (Å²) in [4.78, 5) is 0. The van der Waals surface area contributed by atoms with Gasteiger partial charge in [0.1, 0.15) is 5.75 Å². The first-order valence-electron chi connectivity index (χ1n) is 6.01. The third-order valence-electron chi connectivity index (χ3n) is 1.18. The maximum Gasteiger partial charge on any atom is 0.419 e. The summed E-state index contributed by atoms with van der Waals surface area (Å²) in [5.74, 6) is -1.37. The number of methoxy groups -OCH3 is 1. The molecule has 0 amide bonds. The van der Waals surface area contributed by atoms with Gasteiger partial charge in [0.2, 0.25) is 0 Å². The van der Waals surface area contributed by atoms with Crippen LogP contribution in [0.3, 0.4) is 0 Å². The molecule has 0 fully saturated rings. The van der Waals surface area contributed by atoms with Gasteiger partial charge in [-0.2, -0.15) is 13.2 Å². The minimum atomic E-state index is -5.14. The van der Waals surface area contributed by atoms with E-state index in [0.717, 1.165) is 0 Å². The highest BCUT2D eigenvalue weighted by molar-refractivity contribution is 5.49. The normalized spacial score (nSPS) is 19.0. The van der Waals surface area contributed by atoms with E-state index in [0.29, 0.717) is 0 Å². The summed E-state index contributed by atoms with van der Waals surface area (Å²) in [5.41, 5.74) is 2.64. The summed E-state index contributed by atoms with van der Waals surface area (Å²) in [6, 6.07) is -3.42. The monoisotopic (exact) mass is 197 g/mol. The van der Waals surface area contributed by atoms with E-state index in [1.54, 1.807) is 0 Å². The number of nitrogen functional groups attached to an aromatic ring is 1. The number of anilines is 1. The maximum absolute atomic E-state index is 12.8. The van der Waals surface area contributed by atoms with E-state index in [4.69, 9.17) is 14.0 Å². The van der Waals surface area contributed by atoms with Crippen LogP contribution in [0.4, 0.5) is 18.9 Å². The molecule has 0 atom stereocenters. The highest BCUT2D eigenvalue weighted by Gasteiger charge is 2.34. The van der Waals surface area contributed by atoms with Crippen LogP contribution in [0, 0.1) is 0 Å². The van der Waals surface area contributed by atoms with Gasteiger partial charge in [0, 0.05) is 11.7 Å². The molecular formula is C8H8F3NO. The average molecular weight is 197 g/mol. The zero-order chi connectivity index (χ0) is 15.2. The second-order valence-electron chi connectivity index (χ2n) is 2.09. The molecule has 1 aromatic carbocycles. The van der Waals surface area contributed by atoms with E-state index in [2.05, 4.69) is 4.74 Å². The van der Waals surface area contributed by atoms with Gasteiger partial charge in [-0.3, -0.25) is 0 Å². The Hall–Kier alpha value is -1.39. The molecule has 1 rings (SSSR count). The van der Waals surface area contributed by atoms with Gasteiger partial charge in [-0.15, -0.1) is 0 Å². The molecule has 72 valence electrons. The van der Waals surface area contributed by atoms with Crippen molar-refractivity contribution in [1.82, 2.24) is 0 Å². The zero-order valence-electron chi connectivity index (χ0n) is 12.1. The summed E-state index contributed by atoms with van der Waals surface area (Å²) in [5, 5.41) is 0. The van der Waals surface area contributed by atoms with Crippen molar-refractivity contribution in [2.45, 2.75) is 6.18 Å². The van der Waals surface area contributed by atoms with Crippen molar-refractivity contribution in [1.29, 1.82) is 0 Å². The molecule has 13 heavy (non-hydrogen) atoms. The number of rotatable bonds is 1. The van der Waals surface area contributed by atoms with E-state index >= 15 is 0 Å². The number of halogens is 3. The zero-order valence-corrected chi connectivity index (χ0v) is 6.12. The fourth-order valence-electron chi connectivity index (χ4n) is 0.679. The van der Waals surface area contributed by atoms with Crippen LogP contribution in [0.2, 0.25) is 0 Å². The van der Waals surface area contributed by atoms with Crippen LogP contribution in [0.25, 0.3) is 0 Å². The lowest BCUT2D eigenvalue weighted by Crippen LogP contribution is -2.07. The molecule has 0 aliphatic rings. The molecule has 0 saturated heterocycles. The van der Waals surface area contributed by atoms with Gasteiger partial charge in [-0.1, -0.05) is 0 Å². The maximum atomic E-state index is 12.8. The van der Waals surface area contributed by atoms with Crippen molar-refractivity contribution < 1.29 is 26.1 Å². The number of nitrogens with two attached hydrogens (primary N) is 1. The Morgan fingerprint density at radius 3 is 2.77 bits per heavy atom. The Bertz CT molecular complexity index is 513. The molecule has 0 spiro atoms. The van der Waals surface area contributed by atoms with E-state index in [1.807, 2.05) is 0 Å². The van der Waals surface area contributed by atoms with E-state index in [1.165, 1.54) is 0 Å². The van der Waals surface area contributed by atoms with Gasteiger partial charge in [-0.05, 0) is 12.1 Å². The molecule has 0 aromatic heterocycles. The number of hydrogen-bond acceptors (Lipinski definition) is 2. The Morgan fingerprint density at radius 2 is 2.23 bits per heavy atom. The molecule has 2 nitrogen and oxygen atoms in total. The lowest BCUT2D eigenvalue weighted by atomic mass is 10.2. The Balaban J connectivity index is 3.68. The van der Waals surface area contributed by atoms with Crippen molar-refractivity contribution >= 4 is 5.69 Å². The SMILES string of the molecule is [2H]c1c([2H])c(C(F)(F)F)c(OC([2H])([2H])[2H])c([2H])c1N. The van der Waals surface area contributed by atoms with Crippen LogP contribution < -0.4 is 10.5 Å². The minimum absolute atomic E-state index is 0.753. The standard InChI is InChI=1S/C8H8F3NO/c1-13-7-4-5(12)2-3-6(7)8(9,10)11/h2-4H,12H2,1H3/i1D3,2D,3D,4D. The second kappa shape index (κ2) is 3.16. The fraction of sp³-hybridized carbons (Fsp3) is 0.250. The van der Waals surface area contributed by atoms with Crippen molar-refractivity contribution in [2.24, 2.45) is 0 Å². The molecular weight excluding hydrogens is 183 g/mol. The predicted molar refractivity (Wildman–Crippen MR) is 42.4 cm³/mol. The lowest BCUT2D eigenvalue weighted by molar-refractivity contribution is -0.138. The van der Waals surface area contributed by atoms with Crippen molar-refractivity contribution in [3.8, 4) is 5.75 Å². The summed E-state index contributed by atoms with van der Waals surface area (Å²) in [7, 11) is -3.24. The number of hydrogen-bond donors (Lipinski definition) is 1. The first-order chi connectivity index (χ1) is 8.36. The van der Waals surface area contributed by atoms with Gasteiger partial charge in [-0.25, -0.2) is 0 Å². The largest absolute Gasteiger partial charge is 0.496 e. The molecule has 0 radical (unpaired) electrons. The van der Waals surface area contributed by atoms with Gasteiger partial charge < -0.3 is 10.5 Å². The van der Waals surface area contributed by atoms with Gasteiger partial charge in [0.15, 0.2) is 0 Å². The van der Waals surface area contributed by atoms with Crippen LogP contribution in [0.5, 0.6) is 5.75 Å². The quantitative estimate of drug-likeness (QED) is 0.701.